The van der Waals surface area contributed by atoms with Crippen molar-refractivity contribution in [3.63, 3.8) is 0 Å². The van der Waals surface area contributed by atoms with Gasteiger partial charge in [0.25, 0.3) is 0 Å². The number of anilines is 1. The maximum absolute atomic E-state index is 3.39. The quantitative estimate of drug-likeness (QED) is 0.804. The molecule has 1 aromatic carbocycles. The molecule has 0 heterocycles. The fraction of sp³-hybridized carbons (Fsp3) is 0.647. The molecule has 0 aliphatic heterocycles. The zero-order valence-corrected chi connectivity index (χ0v) is 12.2. The fourth-order valence-corrected chi connectivity index (χ4v) is 2.79. The smallest absolute Gasteiger partial charge is 0.0414 e. The third-order valence-corrected chi connectivity index (χ3v) is 4.53. The lowest BCUT2D eigenvalue weighted by molar-refractivity contribution is 0.633. The molecule has 1 N–H and O–H groups in total. The van der Waals surface area contributed by atoms with Crippen molar-refractivity contribution < 1.29 is 0 Å². The number of hydrogen-bond donors (Lipinski definition) is 1. The maximum atomic E-state index is 3.39. The van der Waals surface area contributed by atoms with Crippen LogP contribution in [0.5, 0.6) is 0 Å². The van der Waals surface area contributed by atoms with Crippen LogP contribution in [0.4, 0.5) is 5.69 Å². The van der Waals surface area contributed by atoms with Crippen molar-refractivity contribution in [1.29, 1.82) is 0 Å². The van der Waals surface area contributed by atoms with Gasteiger partial charge in [-0.3, -0.25) is 0 Å². The third kappa shape index (κ3) is 3.30. The summed E-state index contributed by atoms with van der Waals surface area (Å²) < 4.78 is 0. The Hall–Kier alpha value is -1.02. The summed E-state index contributed by atoms with van der Waals surface area (Å²) in [5.74, 6) is 1.91. The molecule has 2 aliphatic rings. The molecule has 2 saturated carbocycles. The highest BCUT2D eigenvalue weighted by Gasteiger charge is 2.30. The Balaban J connectivity index is 1.82. The molecule has 2 aliphatic carbocycles. The van der Waals surface area contributed by atoms with E-state index in [4.69, 9.17) is 0 Å². The lowest BCUT2D eigenvalue weighted by Gasteiger charge is -2.29. The molecule has 0 aromatic heterocycles. The first kappa shape index (κ1) is 13.0. The molecule has 2 fully saturated rings. The third-order valence-electron chi connectivity index (χ3n) is 4.53. The van der Waals surface area contributed by atoms with Gasteiger partial charge in [0.2, 0.25) is 0 Å². The molecule has 2 nitrogen and oxygen atoms in total. The van der Waals surface area contributed by atoms with Crippen LogP contribution in [0.15, 0.2) is 24.3 Å². The van der Waals surface area contributed by atoms with E-state index < -0.39 is 0 Å². The van der Waals surface area contributed by atoms with Crippen molar-refractivity contribution in [3.8, 4) is 0 Å². The van der Waals surface area contributed by atoms with Gasteiger partial charge in [-0.2, -0.15) is 0 Å². The Morgan fingerprint density at radius 3 is 2.21 bits per heavy atom. The monoisotopic (exact) mass is 258 g/mol. The number of hydrogen-bond acceptors (Lipinski definition) is 2. The minimum atomic E-state index is 0.428. The van der Waals surface area contributed by atoms with Gasteiger partial charge in [0.15, 0.2) is 0 Å². The lowest BCUT2D eigenvalue weighted by Crippen LogP contribution is -2.30. The van der Waals surface area contributed by atoms with Crippen molar-refractivity contribution in [3.05, 3.63) is 29.8 Å². The number of benzene rings is 1. The predicted molar refractivity (Wildman–Crippen MR) is 81.6 cm³/mol. The number of para-hydroxylation sites is 1. The summed E-state index contributed by atoms with van der Waals surface area (Å²) >= 11 is 0. The summed E-state index contributed by atoms with van der Waals surface area (Å²) in [7, 11) is 2.05. The molecule has 19 heavy (non-hydrogen) atoms. The molecule has 3 rings (SSSR count). The zero-order chi connectivity index (χ0) is 13.2. The standard InChI is InChI=1S/C17H26N2/c1-13(18-2)16-5-3-4-6-17(16)19(11-14-7-8-14)12-15-9-10-15/h3-6,13-15,18H,7-12H2,1-2H3. The van der Waals surface area contributed by atoms with Crippen molar-refractivity contribution in [2.75, 3.05) is 25.0 Å². The van der Waals surface area contributed by atoms with Gasteiger partial charge in [0, 0.05) is 24.8 Å². The SMILES string of the molecule is CNC(C)c1ccccc1N(CC1CC1)CC1CC1. The average molecular weight is 258 g/mol. The molecule has 104 valence electrons. The first-order valence-corrected chi connectivity index (χ1v) is 7.79. The van der Waals surface area contributed by atoms with Gasteiger partial charge in [0.05, 0.1) is 0 Å². The molecule has 1 unspecified atom stereocenters. The Kier molecular flexibility index (Phi) is 3.79. The number of nitrogens with one attached hydrogen (secondary N) is 1. The van der Waals surface area contributed by atoms with Gasteiger partial charge in [0.1, 0.15) is 0 Å². The van der Waals surface area contributed by atoms with Crippen LogP contribution in [0, 0.1) is 11.8 Å². The van der Waals surface area contributed by atoms with E-state index in [9.17, 15) is 0 Å². The van der Waals surface area contributed by atoms with E-state index in [-0.39, 0.29) is 0 Å². The van der Waals surface area contributed by atoms with Crippen LogP contribution in [0.1, 0.15) is 44.2 Å². The van der Waals surface area contributed by atoms with E-state index in [0.29, 0.717) is 6.04 Å². The molecular weight excluding hydrogens is 232 g/mol. The van der Waals surface area contributed by atoms with Crippen LogP contribution in [0.3, 0.4) is 0 Å². The molecule has 0 radical (unpaired) electrons. The Bertz CT molecular complexity index is 407. The molecule has 0 bridgehead atoms. The van der Waals surface area contributed by atoms with Crippen molar-refractivity contribution in [1.82, 2.24) is 5.32 Å². The second-order valence-corrected chi connectivity index (χ2v) is 6.36. The van der Waals surface area contributed by atoms with Gasteiger partial charge in [-0.15, -0.1) is 0 Å². The first-order chi connectivity index (χ1) is 9.28. The van der Waals surface area contributed by atoms with E-state index in [2.05, 4.69) is 41.4 Å². The van der Waals surface area contributed by atoms with E-state index in [1.807, 2.05) is 7.05 Å². The Labute approximate surface area is 117 Å². The molecule has 0 saturated heterocycles. The predicted octanol–water partition coefficient (Wildman–Crippen LogP) is 3.59. The highest BCUT2D eigenvalue weighted by molar-refractivity contribution is 5.55. The normalized spacial score (nSPS) is 20.3. The van der Waals surface area contributed by atoms with Gasteiger partial charge < -0.3 is 10.2 Å². The van der Waals surface area contributed by atoms with Gasteiger partial charge in [-0.05, 0) is 63.1 Å². The molecule has 1 atom stereocenters. The Morgan fingerprint density at radius 2 is 1.68 bits per heavy atom. The van der Waals surface area contributed by atoms with Crippen LogP contribution < -0.4 is 10.2 Å². The summed E-state index contributed by atoms with van der Waals surface area (Å²) in [6.45, 7) is 4.79. The zero-order valence-electron chi connectivity index (χ0n) is 12.2. The molecule has 0 spiro atoms. The van der Waals surface area contributed by atoms with Crippen molar-refractivity contribution >= 4 is 5.69 Å². The largest absolute Gasteiger partial charge is 0.371 e. The average Bonchev–Trinajstić information content (AvgIpc) is 3.32. The molecule has 1 aromatic rings. The van der Waals surface area contributed by atoms with E-state index >= 15 is 0 Å². The first-order valence-electron chi connectivity index (χ1n) is 7.79. The van der Waals surface area contributed by atoms with Gasteiger partial charge >= 0.3 is 0 Å². The van der Waals surface area contributed by atoms with Crippen molar-refractivity contribution in [2.45, 2.75) is 38.6 Å². The fourth-order valence-electron chi connectivity index (χ4n) is 2.79. The second kappa shape index (κ2) is 5.54. The summed E-state index contributed by atoms with van der Waals surface area (Å²) in [5, 5.41) is 3.39. The minimum Gasteiger partial charge on any atom is -0.371 e. The van der Waals surface area contributed by atoms with Crippen LogP contribution in [-0.2, 0) is 0 Å². The number of rotatable bonds is 7. The highest BCUT2D eigenvalue weighted by Crippen LogP contribution is 2.37. The van der Waals surface area contributed by atoms with Crippen LogP contribution in [0.2, 0.25) is 0 Å². The molecule has 0 amide bonds. The maximum Gasteiger partial charge on any atom is 0.0414 e. The summed E-state index contributed by atoms with van der Waals surface area (Å²) in [4.78, 5) is 2.67. The minimum absolute atomic E-state index is 0.428. The summed E-state index contributed by atoms with van der Waals surface area (Å²) in [5.41, 5.74) is 2.91. The van der Waals surface area contributed by atoms with Crippen LogP contribution in [0.25, 0.3) is 0 Å². The van der Waals surface area contributed by atoms with E-state index in [1.54, 1.807) is 0 Å². The Morgan fingerprint density at radius 1 is 1.11 bits per heavy atom. The van der Waals surface area contributed by atoms with Gasteiger partial charge in [-0.1, -0.05) is 18.2 Å². The topological polar surface area (TPSA) is 15.3 Å². The van der Waals surface area contributed by atoms with Crippen LogP contribution >= 0.6 is 0 Å². The molecule has 2 heteroatoms. The van der Waals surface area contributed by atoms with E-state index in [0.717, 1.165) is 11.8 Å². The summed E-state index contributed by atoms with van der Waals surface area (Å²) in [6.07, 6.45) is 5.74. The van der Waals surface area contributed by atoms with Crippen LogP contribution in [-0.4, -0.2) is 20.1 Å². The van der Waals surface area contributed by atoms with Crippen molar-refractivity contribution in [2.24, 2.45) is 11.8 Å². The van der Waals surface area contributed by atoms with Gasteiger partial charge in [-0.25, -0.2) is 0 Å². The molecular formula is C17H26N2. The highest BCUT2D eigenvalue weighted by atomic mass is 15.1. The number of nitrogens with zero attached hydrogens (tertiary/aromatic N) is 1. The summed E-state index contributed by atoms with van der Waals surface area (Å²) in [6, 6.07) is 9.38. The lowest BCUT2D eigenvalue weighted by atomic mass is 10.0. The van der Waals surface area contributed by atoms with E-state index in [1.165, 1.54) is 50.0 Å². The second-order valence-electron chi connectivity index (χ2n) is 6.36.